The SMILES string of the molecule is CCC1CN(C)CCCN1S(=O)(=O)c1cc(CO)cs1. The van der Waals surface area contributed by atoms with Crippen LogP contribution in [0.25, 0.3) is 0 Å². The minimum atomic E-state index is -3.45. The van der Waals surface area contributed by atoms with Gasteiger partial charge in [0.1, 0.15) is 4.21 Å². The third kappa shape index (κ3) is 3.23. The van der Waals surface area contributed by atoms with Gasteiger partial charge in [0.25, 0.3) is 10.0 Å². The fourth-order valence-electron chi connectivity index (χ4n) is 2.56. The summed E-state index contributed by atoms with van der Waals surface area (Å²) >= 11 is 1.19. The maximum absolute atomic E-state index is 12.8. The summed E-state index contributed by atoms with van der Waals surface area (Å²) in [5.41, 5.74) is 0.661. The van der Waals surface area contributed by atoms with Gasteiger partial charge in [-0.05, 0) is 43.4 Å². The number of thiophene rings is 1. The Morgan fingerprint density at radius 2 is 2.20 bits per heavy atom. The first-order valence-corrected chi connectivity index (χ1v) is 9.19. The van der Waals surface area contributed by atoms with Gasteiger partial charge in [0.15, 0.2) is 0 Å². The van der Waals surface area contributed by atoms with Crippen LogP contribution in [-0.2, 0) is 16.6 Å². The Kier molecular flexibility index (Phi) is 5.19. The molecule has 0 saturated carbocycles. The van der Waals surface area contributed by atoms with Crippen molar-refractivity contribution in [1.29, 1.82) is 0 Å². The highest BCUT2D eigenvalue weighted by Gasteiger charge is 2.33. The molecule has 7 heteroatoms. The van der Waals surface area contributed by atoms with Crippen LogP contribution in [0.1, 0.15) is 25.3 Å². The number of rotatable bonds is 4. The molecular formula is C13H22N2O3S2. The Hall–Kier alpha value is -0.470. The molecule has 2 rings (SSSR count). The number of likely N-dealkylation sites (N-methyl/N-ethyl adjacent to an activating group) is 1. The van der Waals surface area contributed by atoms with Gasteiger partial charge in [0.05, 0.1) is 6.61 Å². The van der Waals surface area contributed by atoms with Gasteiger partial charge in [-0.3, -0.25) is 0 Å². The van der Waals surface area contributed by atoms with Crippen molar-refractivity contribution in [3.8, 4) is 0 Å². The highest BCUT2D eigenvalue weighted by atomic mass is 32.2. The van der Waals surface area contributed by atoms with Crippen LogP contribution >= 0.6 is 11.3 Å². The van der Waals surface area contributed by atoms with E-state index in [1.54, 1.807) is 15.8 Å². The minimum absolute atomic E-state index is 0.0205. The lowest BCUT2D eigenvalue weighted by molar-refractivity contribution is 0.270. The van der Waals surface area contributed by atoms with Gasteiger partial charge in [-0.25, -0.2) is 8.42 Å². The fraction of sp³-hybridized carbons (Fsp3) is 0.692. The summed E-state index contributed by atoms with van der Waals surface area (Å²) in [7, 11) is -1.41. The molecule has 0 aromatic carbocycles. The smallest absolute Gasteiger partial charge is 0.252 e. The molecule has 0 aliphatic carbocycles. The monoisotopic (exact) mass is 318 g/mol. The molecule has 5 nitrogen and oxygen atoms in total. The topological polar surface area (TPSA) is 60.9 Å². The highest BCUT2D eigenvalue weighted by molar-refractivity contribution is 7.91. The number of aliphatic hydroxyl groups is 1. The Morgan fingerprint density at radius 1 is 1.45 bits per heavy atom. The van der Waals surface area contributed by atoms with E-state index in [2.05, 4.69) is 4.90 Å². The number of sulfonamides is 1. The van der Waals surface area contributed by atoms with Gasteiger partial charge < -0.3 is 10.0 Å². The summed E-state index contributed by atoms with van der Waals surface area (Å²) in [6, 6.07) is 1.61. The molecule has 0 amide bonds. The molecule has 0 radical (unpaired) electrons. The predicted octanol–water partition coefficient (Wildman–Crippen LogP) is 1.35. The van der Waals surface area contributed by atoms with E-state index >= 15 is 0 Å². The van der Waals surface area contributed by atoms with Crippen LogP contribution in [0, 0.1) is 0 Å². The van der Waals surface area contributed by atoms with Gasteiger partial charge >= 0.3 is 0 Å². The molecule has 1 unspecified atom stereocenters. The summed E-state index contributed by atoms with van der Waals surface area (Å²) < 4.78 is 27.5. The van der Waals surface area contributed by atoms with E-state index in [9.17, 15) is 8.42 Å². The van der Waals surface area contributed by atoms with Gasteiger partial charge in [-0.1, -0.05) is 6.92 Å². The molecule has 1 N–H and O–H groups in total. The second-order valence-corrected chi connectivity index (χ2v) is 8.25. The van der Waals surface area contributed by atoms with Crippen molar-refractivity contribution < 1.29 is 13.5 Å². The Morgan fingerprint density at radius 3 is 2.80 bits per heavy atom. The Balaban J connectivity index is 2.30. The minimum Gasteiger partial charge on any atom is -0.392 e. The molecule has 0 spiro atoms. The molecule has 1 aliphatic rings. The van der Waals surface area contributed by atoms with Gasteiger partial charge in [-0.15, -0.1) is 11.3 Å². The van der Waals surface area contributed by atoms with E-state index in [-0.39, 0.29) is 12.6 Å². The molecule has 1 aromatic heterocycles. The largest absolute Gasteiger partial charge is 0.392 e. The molecule has 0 bridgehead atoms. The second kappa shape index (κ2) is 6.53. The van der Waals surface area contributed by atoms with Crippen molar-refractivity contribution in [2.24, 2.45) is 0 Å². The molecule has 1 fully saturated rings. The zero-order valence-corrected chi connectivity index (χ0v) is 13.6. The summed E-state index contributed by atoms with van der Waals surface area (Å²) in [5, 5.41) is 10.8. The predicted molar refractivity (Wildman–Crippen MR) is 80.3 cm³/mol. The van der Waals surface area contributed by atoms with E-state index < -0.39 is 10.0 Å². The first kappa shape index (κ1) is 15.9. The van der Waals surface area contributed by atoms with E-state index in [1.165, 1.54) is 11.3 Å². The number of hydrogen-bond donors (Lipinski definition) is 1. The van der Waals surface area contributed by atoms with E-state index in [0.29, 0.717) is 16.3 Å². The maximum atomic E-state index is 12.8. The first-order valence-electron chi connectivity index (χ1n) is 6.87. The Labute approximate surface area is 124 Å². The van der Waals surface area contributed by atoms with Crippen molar-refractivity contribution >= 4 is 21.4 Å². The molecule has 2 heterocycles. The van der Waals surface area contributed by atoms with Crippen molar-refractivity contribution in [2.45, 2.75) is 36.6 Å². The Bertz CT molecular complexity index is 542. The van der Waals surface area contributed by atoms with Gasteiger partial charge in [-0.2, -0.15) is 4.31 Å². The van der Waals surface area contributed by atoms with Crippen molar-refractivity contribution in [3.05, 3.63) is 17.0 Å². The van der Waals surface area contributed by atoms with Crippen LogP contribution < -0.4 is 0 Å². The third-order valence-corrected chi connectivity index (χ3v) is 7.11. The lowest BCUT2D eigenvalue weighted by atomic mass is 10.2. The van der Waals surface area contributed by atoms with Crippen LogP contribution in [-0.4, -0.2) is 55.5 Å². The zero-order chi connectivity index (χ0) is 14.8. The van der Waals surface area contributed by atoms with Crippen molar-refractivity contribution in [1.82, 2.24) is 9.21 Å². The van der Waals surface area contributed by atoms with Crippen LogP contribution in [0.2, 0.25) is 0 Å². The maximum Gasteiger partial charge on any atom is 0.252 e. The molecule has 1 aromatic rings. The van der Waals surface area contributed by atoms with E-state index in [1.807, 2.05) is 14.0 Å². The van der Waals surface area contributed by atoms with Crippen LogP contribution in [0.3, 0.4) is 0 Å². The van der Waals surface area contributed by atoms with E-state index in [4.69, 9.17) is 5.11 Å². The van der Waals surface area contributed by atoms with Gasteiger partial charge in [0.2, 0.25) is 0 Å². The number of hydrogen-bond acceptors (Lipinski definition) is 5. The quantitative estimate of drug-likeness (QED) is 0.910. The molecule has 1 atom stereocenters. The zero-order valence-electron chi connectivity index (χ0n) is 11.9. The molecule has 20 heavy (non-hydrogen) atoms. The first-order chi connectivity index (χ1) is 9.48. The lowest BCUT2D eigenvalue weighted by Crippen LogP contribution is -2.43. The van der Waals surface area contributed by atoms with Crippen molar-refractivity contribution in [2.75, 3.05) is 26.7 Å². The number of aliphatic hydroxyl groups excluding tert-OH is 1. The third-order valence-electron chi connectivity index (χ3n) is 3.69. The van der Waals surface area contributed by atoms with Gasteiger partial charge in [0, 0.05) is 19.1 Å². The molecular weight excluding hydrogens is 296 g/mol. The standard InChI is InChI=1S/C13H22N2O3S2/c1-3-12-8-14(2)5-4-6-15(12)20(17,18)13-7-11(9-16)10-19-13/h7,10,12,16H,3-6,8-9H2,1-2H3. The molecule has 1 aliphatic heterocycles. The van der Waals surface area contributed by atoms with Crippen LogP contribution in [0.15, 0.2) is 15.7 Å². The summed E-state index contributed by atoms with van der Waals surface area (Å²) in [4.78, 5) is 2.19. The second-order valence-electron chi connectivity index (χ2n) is 5.23. The average Bonchev–Trinajstić information content (AvgIpc) is 2.83. The van der Waals surface area contributed by atoms with E-state index in [0.717, 1.165) is 25.9 Å². The van der Waals surface area contributed by atoms with Crippen LogP contribution in [0.4, 0.5) is 0 Å². The number of nitrogens with zero attached hydrogens (tertiary/aromatic N) is 2. The summed E-state index contributed by atoms with van der Waals surface area (Å²) in [6.07, 6.45) is 1.66. The lowest BCUT2D eigenvalue weighted by Gasteiger charge is -2.28. The fourth-order valence-corrected chi connectivity index (χ4v) is 5.61. The average molecular weight is 318 g/mol. The van der Waals surface area contributed by atoms with Crippen molar-refractivity contribution in [3.63, 3.8) is 0 Å². The summed E-state index contributed by atoms with van der Waals surface area (Å²) in [5.74, 6) is 0. The summed E-state index contributed by atoms with van der Waals surface area (Å²) in [6.45, 7) is 4.17. The molecule has 114 valence electrons. The van der Waals surface area contributed by atoms with Crippen LogP contribution in [0.5, 0.6) is 0 Å². The molecule has 1 saturated heterocycles. The normalized spacial score (nSPS) is 22.9. The highest BCUT2D eigenvalue weighted by Crippen LogP contribution is 2.27.